The van der Waals surface area contributed by atoms with E-state index in [-0.39, 0.29) is 31.1 Å². The van der Waals surface area contributed by atoms with Crippen molar-refractivity contribution >= 4 is 17.9 Å². The molecule has 6 heteroatoms. The van der Waals surface area contributed by atoms with Crippen LogP contribution in [0.15, 0.2) is 60.8 Å². The third kappa shape index (κ3) is 69.8. The van der Waals surface area contributed by atoms with Gasteiger partial charge in [0.25, 0.3) is 0 Å². The zero-order chi connectivity index (χ0) is 59.9. The number of esters is 3. The molecule has 0 saturated carbocycles. The van der Waals surface area contributed by atoms with Crippen molar-refractivity contribution in [3.63, 3.8) is 0 Å². The minimum absolute atomic E-state index is 0.0730. The fourth-order valence-electron chi connectivity index (χ4n) is 10.9. The fourth-order valence-corrected chi connectivity index (χ4v) is 10.9. The number of ether oxygens (including phenoxy) is 3. The molecule has 0 rings (SSSR count). The summed E-state index contributed by atoms with van der Waals surface area (Å²) in [5.74, 6) is -0.860. The number of hydrogen-bond donors (Lipinski definition) is 0. The van der Waals surface area contributed by atoms with Gasteiger partial charge in [-0.1, -0.05) is 332 Å². The Balaban J connectivity index is 4.17. The van der Waals surface area contributed by atoms with E-state index in [1.54, 1.807) is 0 Å². The van der Waals surface area contributed by atoms with Crippen LogP contribution in [0.25, 0.3) is 0 Å². The van der Waals surface area contributed by atoms with E-state index in [1.807, 2.05) is 0 Å². The summed E-state index contributed by atoms with van der Waals surface area (Å²) in [7, 11) is 0. The maximum Gasteiger partial charge on any atom is 0.306 e. The normalized spacial score (nSPS) is 12.4. The Morgan fingerprint density at radius 3 is 0.711 bits per heavy atom. The Bertz CT molecular complexity index is 1470. The lowest BCUT2D eigenvalue weighted by atomic mass is 10.0. The van der Waals surface area contributed by atoms with Gasteiger partial charge in [-0.05, 0) is 103 Å². The Morgan fingerprint density at radius 1 is 0.241 bits per heavy atom. The molecule has 0 N–H and O–H groups in total. The number of allylic oxidation sites excluding steroid dienone is 10. The van der Waals surface area contributed by atoms with Gasteiger partial charge in [0.15, 0.2) is 6.10 Å². The second-order valence-corrected chi connectivity index (χ2v) is 24.8. The monoisotopic (exact) mass is 1160 g/mol. The second-order valence-electron chi connectivity index (χ2n) is 24.8. The molecule has 6 nitrogen and oxygen atoms in total. The van der Waals surface area contributed by atoms with E-state index in [2.05, 4.69) is 81.5 Å². The van der Waals surface area contributed by atoms with Crippen LogP contribution < -0.4 is 0 Å². The predicted molar refractivity (Wildman–Crippen MR) is 362 cm³/mol. The summed E-state index contributed by atoms with van der Waals surface area (Å²) in [5.41, 5.74) is 0. The van der Waals surface area contributed by atoms with Gasteiger partial charge < -0.3 is 14.2 Å². The van der Waals surface area contributed by atoms with Crippen molar-refractivity contribution in [1.29, 1.82) is 0 Å². The highest BCUT2D eigenvalue weighted by atomic mass is 16.6. The molecule has 0 bridgehead atoms. The Kier molecular flexibility index (Phi) is 69.1. The molecule has 0 aliphatic heterocycles. The molecule has 0 aliphatic rings. The molecule has 0 aromatic heterocycles. The lowest BCUT2D eigenvalue weighted by Crippen LogP contribution is -2.30. The van der Waals surface area contributed by atoms with Crippen LogP contribution in [-0.4, -0.2) is 37.2 Å². The molecule has 0 amide bonds. The van der Waals surface area contributed by atoms with E-state index in [1.165, 1.54) is 276 Å². The van der Waals surface area contributed by atoms with Crippen molar-refractivity contribution in [2.75, 3.05) is 13.2 Å². The van der Waals surface area contributed by atoms with E-state index in [4.69, 9.17) is 14.2 Å². The highest BCUT2D eigenvalue weighted by molar-refractivity contribution is 5.71. The third-order valence-corrected chi connectivity index (χ3v) is 16.5. The first-order chi connectivity index (χ1) is 41.0. The molecular formula is C77H140O6. The summed E-state index contributed by atoms with van der Waals surface area (Å²) >= 11 is 0. The highest BCUT2D eigenvalue weighted by Gasteiger charge is 2.19. The molecule has 1 unspecified atom stereocenters. The minimum Gasteiger partial charge on any atom is -0.462 e. The molecule has 0 saturated heterocycles. The maximum absolute atomic E-state index is 13.0. The largest absolute Gasteiger partial charge is 0.462 e. The van der Waals surface area contributed by atoms with Gasteiger partial charge in [0, 0.05) is 19.3 Å². The molecule has 0 spiro atoms. The quantitative estimate of drug-likeness (QED) is 0.0261. The molecule has 0 aromatic carbocycles. The molecule has 83 heavy (non-hydrogen) atoms. The summed E-state index contributed by atoms with van der Waals surface area (Å²) in [4.78, 5) is 38.4. The number of hydrogen-bond acceptors (Lipinski definition) is 6. The zero-order valence-corrected chi connectivity index (χ0v) is 55.7. The lowest BCUT2D eigenvalue weighted by Gasteiger charge is -2.18. The number of carbonyl (C=O) groups is 3. The molecule has 0 radical (unpaired) electrons. The first kappa shape index (κ1) is 80.1. The molecule has 0 aromatic rings. The van der Waals surface area contributed by atoms with E-state index in [0.717, 1.165) is 77.0 Å². The SMILES string of the molecule is CCCC/C=C\CCCCCCCC(=O)OCC(COC(=O)CCCCCCCCCCCCCCCCC/C=C\C/C=C\CCCCCCC)OC(=O)CCCCCCCCCCCCCCCCC/C=C\C/C=C\CCCCCCC. The summed E-state index contributed by atoms with van der Waals surface area (Å²) in [6, 6.07) is 0. The van der Waals surface area contributed by atoms with Gasteiger partial charge in [-0.2, -0.15) is 0 Å². The topological polar surface area (TPSA) is 78.9 Å². The van der Waals surface area contributed by atoms with Crippen molar-refractivity contribution in [2.45, 2.75) is 399 Å². The van der Waals surface area contributed by atoms with Gasteiger partial charge in [0.05, 0.1) is 0 Å². The Labute approximate surface area is 517 Å². The van der Waals surface area contributed by atoms with Crippen LogP contribution in [0.1, 0.15) is 393 Å². The van der Waals surface area contributed by atoms with Crippen LogP contribution >= 0.6 is 0 Å². The molecule has 0 aliphatic carbocycles. The van der Waals surface area contributed by atoms with Gasteiger partial charge >= 0.3 is 17.9 Å². The van der Waals surface area contributed by atoms with Crippen LogP contribution in [0.3, 0.4) is 0 Å². The average molecular weight is 1160 g/mol. The number of carbonyl (C=O) groups excluding carboxylic acids is 3. The predicted octanol–water partition coefficient (Wildman–Crippen LogP) is 25.5. The highest BCUT2D eigenvalue weighted by Crippen LogP contribution is 2.18. The summed E-state index contributed by atoms with van der Waals surface area (Å²) in [6.07, 6.45) is 92.7. The minimum atomic E-state index is -0.777. The van der Waals surface area contributed by atoms with E-state index in [9.17, 15) is 14.4 Å². The molecule has 1 atom stereocenters. The third-order valence-electron chi connectivity index (χ3n) is 16.5. The van der Waals surface area contributed by atoms with Crippen LogP contribution in [0.2, 0.25) is 0 Å². The van der Waals surface area contributed by atoms with Crippen LogP contribution in [0.5, 0.6) is 0 Å². The van der Waals surface area contributed by atoms with Crippen molar-refractivity contribution in [1.82, 2.24) is 0 Å². The maximum atomic E-state index is 13.0. The number of rotatable bonds is 68. The molecule has 0 heterocycles. The van der Waals surface area contributed by atoms with Crippen molar-refractivity contribution < 1.29 is 28.6 Å². The first-order valence-corrected chi connectivity index (χ1v) is 36.8. The Morgan fingerprint density at radius 2 is 0.446 bits per heavy atom. The summed E-state index contributed by atoms with van der Waals surface area (Å²) < 4.78 is 17.0. The van der Waals surface area contributed by atoms with Crippen LogP contribution in [-0.2, 0) is 28.6 Å². The standard InChI is InChI=1S/C77H140O6/c1-4-7-10-13-16-19-22-24-26-28-30-32-34-36-38-40-42-44-46-48-50-52-55-58-61-64-67-70-76(79)82-73-74(72-81-75(78)69-66-63-60-57-54-21-18-15-12-9-6-3)83-77(80)71-68-65-62-59-56-53-51-49-47-45-43-41-39-37-35-33-31-29-27-25-23-20-17-14-11-8-5-2/h15,18,22-25,28-31,74H,4-14,16-17,19-21,26-27,32-73H2,1-3H3/b18-15-,24-22-,25-23-,30-28-,31-29-. The zero-order valence-electron chi connectivity index (χ0n) is 55.7. The smallest absolute Gasteiger partial charge is 0.306 e. The Hall–Kier alpha value is -2.89. The molecule has 484 valence electrons. The van der Waals surface area contributed by atoms with Gasteiger partial charge in [-0.15, -0.1) is 0 Å². The fraction of sp³-hybridized carbons (Fsp3) is 0.831. The van der Waals surface area contributed by atoms with Gasteiger partial charge in [0.2, 0.25) is 0 Å². The van der Waals surface area contributed by atoms with E-state index < -0.39 is 6.10 Å². The molecule has 0 fully saturated rings. The molecular weight excluding hydrogens is 1020 g/mol. The van der Waals surface area contributed by atoms with Crippen LogP contribution in [0, 0.1) is 0 Å². The van der Waals surface area contributed by atoms with Crippen molar-refractivity contribution in [2.24, 2.45) is 0 Å². The van der Waals surface area contributed by atoms with Crippen LogP contribution in [0.4, 0.5) is 0 Å². The van der Waals surface area contributed by atoms with Gasteiger partial charge in [0.1, 0.15) is 13.2 Å². The van der Waals surface area contributed by atoms with E-state index >= 15 is 0 Å². The van der Waals surface area contributed by atoms with E-state index in [0.29, 0.717) is 19.3 Å². The summed E-state index contributed by atoms with van der Waals surface area (Å²) in [5, 5.41) is 0. The number of unbranched alkanes of at least 4 members (excludes halogenated alkanes) is 47. The van der Waals surface area contributed by atoms with Gasteiger partial charge in [-0.25, -0.2) is 0 Å². The van der Waals surface area contributed by atoms with Crippen molar-refractivity contribution in [3.8, 4) is 0 Å². The second kappa shape index (κ2) is 71.6. The van der Waals surface area contributed by atoms with Gasteiger partial charge in [-0.3, -0.25) is 14.4 Å². The summed E-state index contributed by atoms with van der Waals surface area (Å²) in [6.45, 7) is 6.63. The first-order valence-electron chi connectivity index (χ1n) is 36.8. The average Bonchev–Trinajstić information content (AvgIpc) is 3.48. The van der Waals surface area contributed by atoms with Crippen molar-refractivity contribution in [3.05, 3.63) is 60.8 Å². The lowest BCUT2D eigenvalue weighted by molar-refractivity contribution is -0.167.